The Kier molecular flexibility index (Phi) is 6.08. The molecule has 1 fully saturated rings. The van der Waals surface area contributed by atoms with Gasteiger partial charge >= 0.3 is 5.97 Å². The maximum absolute atomic E-state index is 12.9. The zero-order valence-corrected chi connectivity index (χ0v) is 15.6. The van der Waals surface area contributed by atoms with Crippen LogP contribution >= 0.6 is 0 Å². The fraction of sp³-hybridized carbons (Fsp3) is 0.684. The van der Waals surface area contributed by atoms with Crippen molar-refractivity contribution in [1.82, 2.24) is 9.88 Å². The van der Waals surface area contributed by atoms with Crippen LogP contribution in [-0.2, 0) is 4.74 Å². The fourth-order valence-corrected chi connectivity index (χ4v) is 3.53. The smallest absolute Gasteiger partial charge is 0.340 e. The molecule has 5 heteroatoms. The minimum atomic E-state index is -0.368. The van der Waals surface area contributed by atoms with Crippen molar-refractivity contribution in [2.75, 3.05) is 7.05 Å². The van der Waals surface area contributed by atoms with E-state index in [1.165, 1.54) is 25.7 Å². The van der Waals surface area contributed by atoms with Gasteiger partial charge in [-0.25, -0.2) is 4.79 Å². The van der Waals surface area contributed by atoms with Crippen molar-refractivity contribution in [3.8, 4) is 0 Å². The van der Waals surface area contributed by atoms with Crippen molar-refractivity contribution >= 4 is 11.9 Å². The van der Waals surface area contributed by atoms with E-state index >= 15 is 0 Å². The molecule has 0 aliphatic heterocycles. The molecule has 0 aromatic carbocycles. The maximum atomic E-state index is 12.9. The van der Waals surface area contributed by atoms with Gasteiger partial charge in [0.25, 0.3) is 5.91 Å². The van der Waals surface area contributed by atoms with Crippen LogP contribution in [0.3, 0.4) is 0 Å². The Morgan fingerprint density at radius 1 is 1.12 bits per heavy atom. The Balaban J connectivity index is 2.22. The van der Waals surface area contributed by atoms with Crippen LogP contribution in [0.25, 0.3) is 0 Å². The molecular weight excluding hydrogens is 304 g/mol. The number of ether oxygens (including phenoxy) is 1. The van der Waals surface area contributed by atoms with E-state index in [2.05, 4.69) is 4.98 Å². The normalized spacial score (nSPS) is 16.1. The second-order valence-corrected chi connectivity index (χ2v) is 7.14. The van der Waals surface area contributed by atoms with Gasteiger partial charge in [0.15, 0.2) is 0 Å². The van der Waals surface area contributed by atoms with Crippen LogP contribution in [0.1, 0.15) is 84.5 Å². The third-order valence-electron chi connectivity index (χ3n) is 4.89. The summed E-state index contributed by atoms with van der Waals surface area (Å²) >= 11 is 0. The molecule has 5 nitrogen and oxygen atoms in total. The van der Waals surface area contributed by atoms with Crippen LogP contribution in [0.5, 0.6) is 0 Å². The molecule has 1 N–H and O–H groups in total. The van der Waals surface area contributed by atoms with Gasteiger partial charge in [-0.2, -0.15) is 0 Å². The van der Waals surface area contributed by atoms with Gasteiger partial charge in [-0.15, -0.1) is 0 Å². The van der Waals surface area contributed by atoms with Gasteiger partial charge in [-0.05, 0) is 46.1 Å². The number of carbonyl (C=O) groups excluding carboxylic acids is 2. The molecule has 1 aromatic heterocycles. The summed E-state index contributed by atoms with van der Waals surface area (Å²) in [5.41, 5.74) is 2.37. The number of nitrogens with zero attached hydrogens (tertiary/aromatic N) is 1. The molecule has 0 bridgehead atoms. The predicted molar refractivity (Wildman–Crippen MR) is 94.4 cm³/mol. The molecule has 0 radical (unpaired) electrons. The number of aromatic nitrogens is 1. The number of aryl methyl sites for hydroxylation is 1. The molecule has 1 aromatic rings. The Hall–Kier alpha value is -1.78. The first kappa shape index (κ1) is 18.6. The van der Waals surface area contributed by atoms with Crippen molar-refractivity contribution in [1.29, 1.82) is 0 Å². The lowest BCUT2D eigenvalue weighted by molar-refractivity contribution is 0.0376. The van der Waals surface area contributed by atoms with Crippen molar-refractivity contribution in [2.45, 2.75) is 78.4 Å². The number of hydrogen-bond donors (Lipinski definition) is 1. The lowest BCUT2D eigenvalue weighted by atomic mass is 10.1. The highest BCUT2D eigenvalue weighted by Gasteiger charge is 2.28. The summed E-state index contributed by atoms with van der Waals surface area (Å²) in [5.74, 6) is -0.404. The summed E-state index contributed by atoms with van der Waals surface area (Å²) in [5, 5.41) is 0. The van der Waals surface area contributed by atoms with Crippen molar-refractivity contribution < 1.29 is 14.3 Å². The number of esters is 1. The lowest BCUT2D eigenvalue weighted by Crippen LogP contribution is -2.37. The summed E-state index contributed by atoms with van der Waals surface area (Å²) in [6.07, 6.45) is 6.80. The third kappa shape index (κ3) is 4.00. The van der Waals surface area contributed by atoms with Crippen LogP contribution in [-0.4, -0.2) is 41.0 Å². The van der Waals surface area contributed by atoms with Crippen LogP contribution in [0, 0.1) is 13.8 Å². The number of amides is 1. The van der Waals surface area contributed by atoms with E-state index in [0.717, 1.165) is 12.8 Å². The Morgan fingerprint density at radius 2 is 1.71 bits per heavy atom. The summed E-state index contributed by atoms with van der Waals surface area (Å²) in [6, 6.07) is 0.286. The van der Waals surface area contributed by atoms with E-state index in [9.17, 15) is 9.59 Å². The maximum Gasteiger partial charge on any atom is 0.340 e. The van der Waals surface area contributed by atoms with E-state index in [-0.39, 0.29) is 24.0 Å². The zero-order valence-electron chi connectivity index (χ0n) is 15.6. The summed E-state index contributed by atoms with van der Waals surface area (Å²) in [4.78, 5) is 30.2. The second-order valence-electron chi connectivity index (χ2n) is 7.14. The van der Waals surface area contributed by atoms with Crippen LogP contribution in [0.2, 0.25) is 0 Å². The standard InChI is InChI=1S/C19H30N2O3/c1-12(2)24-19(23)16-13(3)17(20-14(16)4)18(22)21(5)15-10-8-6-7-9-11-15/h12,15,20H,6-11H2,1-5H3. The molecule has 24 heavy (non-hydrogen) atoms. The van der Waals surface area contributed by atoms with Crippen LogP contribution in [0.4, 0.5) is 0 Å². The van der Waals surface area contributed by atoms with Crippen LogP contribution in [0.15, 0.2) is 0 Å². The minimum absolute atomic E-state index is 0.0360. The Labute approximate surface area is 144 Å². The Bertz CT molecular complexity index is 596. The first-order chi connectivity index (χ1) is 11.3. The highest BCUT2D eigenvalue weighted by molar-refractivity contribution is 6.00. The molecule has 0 saturated heterocycles. The first-order valence-corrected chi connectivity index (χ1v) is 9.00. The van der Waals surface area contributed by atoms with Gasteiger partial charge in [0.05, 0.1) is 11.7 Å². The van der Waals surface area contributed by atoms with Gasteiger partial charge in [-0.1, -0.05) is 25.7 Å². The largest absolute Gasteiger partial charge is 0.459 e. The van der Waals surface area contributed by atoms with E-state index in [4.69, 9.17) is 4.74 Å². The number of aromatic amines is 1. The second kappa shape index (κ2) is 7.86. The number of hydrogen-bond acceptors (Lipinski definition) is 3. The van der Waals surface area contributed by atoms with Crippen molar-refractivity contribution in [3.05, 3.63) is 22.5 Å². The first-order valence-electron chi connectivity index (χ1n) is 9.00. The van der Waals surface area contributed by atoms with E-state index in [1.54, 1.807) is 0 Å². The van der Waals surface area contributed by atoms with E-state index in [1.807, 2.05) is 39.6 Å². The lowest BCUT2D eigenvalue weighted by Gasteiger charge is -2.27. The van der Waals surface area contributed by atoms with Gasteiger partial charge in [0, 0.05) is 18.8 Å². The molecule has 0 unspecified atom stereocenters. The number of rotatable bonds is 4. The molecule has 0 atom stereocenters. The highest BCUT2D eigenvalue weighted by Crippen LogP contribution is 2.25. The monoisotopic (exact) mass is 334 g/mol. The number of H-pyrrole nitrogens is 1. The van der Waals surface area contributed by atoms with Crippen LogP contribution < -0.4 is 0 Å². The van der Waals surface area contributed by atoms with Gasteiger partial charge in [-0.3, -0.25) is 4.79 Å². The van der Waals surface area contributed by atoms with Crippen molar-refractivity contribution in [2.24, 2.45) is 0 Å². The van der Waals surface area contributed by atoms with E-state index < -0.39 is 0 Å². The zero-order chi connectivity index (χ0) is 17.9. The molecule has 1 heterocycles. The average molecular weight is 334 g/mol. The number of nitrogens with one attached hydrogen (secondary N) is 1. The highest BCUT2D eigenvalue weighted by atomic mass is 16.5. The SMILES string of the molecule is Cc1[nH]c(C(=O)N(C)C2CCCCCC2)c(C)c1C(=O)OC(C)C. The third-order valence-corrected chi connectivity index (χ3v) is 4.89. The molecule has 2 rings (SSSR count). The van der Waals surface area contributed by atoms with E-state index in [0.29, 0.717) is 22.5 Å². The fourth-order valence-electron chi connectivity index (χ4n) is 3.53. The van der Waals surface area contributed by atoms with Crippen molar-refractivity contribution in [3.63, 3.8) is 0 Å². The Morgan fingerprint density at radius 3 is 2.25 bits per heavy atom. The van der Waals surface area contributed by atoms with Gasteiger partial charge in [0.1, 0.15) is 5.69 Å². The topological polar surface area (TPSA) is 62.4 Å². The molecule has 1 aliphatic carbocycles. The average Bonchev–Trinajstić information content (AvgIpc) is 2.70. The molecule has 134 valence electrons. The summed E-state index contributed by atoms with van der Waals surface area (Å²) in [6.45, 7) is 7.27. The summed E-state index contributed by atoms with van der Waals surface area (Å²) in [7, 11) is 1.88. The molecule has 1 aliphatic rings. The number of carbonyl (C=O) groups is 2. The van der Waals surface area contributed by atoms with Gasteiger partial charge < -0.3 is 14.6 Å². The summed E-state index contributed by atoms with van der Waals surface area (Å²) < 4.78 is 5.30. The van der Waals surface area contributed by atoms with Gasteiger partial charge in [0.2, 0.25) is 0 Å². The predicted octanol–water partition coefficient (Wildman–Crippen LogP) is 3.99. The quantitative estimate of drug-likeness (QED) is 0.669. The molecule has 0 spiro atoms. The molecule has 1 saturated carbocycles. The molecule has 1 amide bonds. The molecular formula is C19H30N2O3. The minimum Gasteiger partial charge on any atom is -0.459 e.